The number of rotatable bonds is 6. The lowest BCUT2D eigenvalue weighted by Gasteiger charge is -2.21. The molecule has 90 valence electrons. The summed E-state index contributed by atoms with van der Waals surface area (Å²) in [5.74, 6) is 0. The van der Waals surface area contributed by atoms with Crippen LogP contribution >= 0.6 is 15.9 Å². The number of benzene rings is 1. The van der Waals surface area contributed by atoms with Gasteiger partial charge < -0.3 is 10.2 Å². The van der Waals surface area contributed by atoms with Gasteiger partial charge in [-0.2, -0.15) is 0 Å². The minimum absolute atomic E-state index is 0.914. The second-order valence-electron chi connectivity index (χ2n) is 4.09. The van der Waals surface area contributed by atoms with E-state index >= 15 is 0 Å². The summed E-state index contributed by atoms with van der Waals surface area (Å²) in [6, 6.07) is 6.56. The molecule has 0 atom stereocenters. The Labute approximate surface area is 107 Å². The van der Waals surface area contributed by atoms with Gasteiger partial charge in [-0.15, -0.1) is 0 Å². The molecule has 1 rings (SSSR count). The van der Waals surface area contributed by atoms with Crippen LogP contribution in [0.5, 0.6) is 0 Å². The summed E-state index contributed by atoms with van der Waals surface area (Å²) in [5.41, 5.74) is 2.58. The molecule has 0 aliphatic carbocycles. The van der Waals surface area contributed by atoms with E-state index in [-0.39, 0.29) is 0 Å². The molecule has 0 spiro atoms. The van der Waals surface area contributed by atoms with Crippen LogP contribution in [0.25, 0.3) is 0 Å². The molecule has 0 unspecified atom stereocenters. The summed E-state index contributed by atoms with van der Waals surface area (Å²) in [5, 5.41) is 3.16. The molecule has 0 fully saturated rings. The van der Waals surface area contributed by atoms with E-state index in [0.29, 0.717) is 0 Å². The van der Waals surface area contributed by atoms with Crippen LogP contribution in [0.15, 0.2) is 22.7 Å². The van der Waals surface area contributed by atoms with Gasteiger partial charge in [0.15, 0.2) is 0 Å². The quantitative estimate of drug-likeness (QED) is 0.861. The lowest BCUT2D eigenvalue weighted by Crippen LogP contribution is -2.18. The van der Waals surface area contributed by atoms with Crippen molar-refractivity contribution in [2.24, 2.45) is 0 Å². The Bertz CT molecular complexity index is 326. The number of anilines is 1. The summed E-state index contributed by atoms with van der Waals surface area (Å²) >= 11 is 3.64. The first-order valence-corrected chi connectivity index (χ1v) is 6.62. The Morgan fingerprint density at radius 3 is 2.69 bits per heavy atom. The van der Waals surface area contributed by atoms with Gasteiger partial charge in [-0.1, -0.05) is 19.4 Å². The van der Waals surface area contributed by atoms with Crippen molar-refractivity contribution in [1.82, 2.24) is 5.32 Å². The van der Waals surface area contributed by atoms with Crippen molar-refractivity contribution >= 4 is 21.6 Å². The fourth-order valence-corrected chi connectivity index (χ4v) is 2.42. The first-order chi connectivity index (χ1) is 7.69. The standard InChI is InChI=1S/C13H21BrN2/c1-4-5-8-16(3)13-7-6-11(10-15-2)9-12(13)14/h6-7,9,15H,4-5,8,10H2,1-3H3. The van der Waals surface area contributed by atoms with Crippen molar-refractivity contribution in [1.29, 1.82) is 0 Å². The normalized spacial score (nSPS) is 10.5. The Morgan fingerprint density at radius 1 is 1.38 bits per heavy atom. The smallest absolute Gasteiger partial charge is 0.0508 e. The van der Waals surface area contributed by atoms with Gasteiger partial charge in [-0.25, -0.2) is 0 Å². The van der Waals surface area contributed by atoms with E-state index in [9.17, 15) is 0 Å². The third-order valence-electron chi connectivity index (χ3n) is 2.65. The molecule has 1 N–H and O–H groups in total. The Balaban J connectivity index is 2.73. The zero-order chi connectivity index (χ0) is 12.0. The molecule has 0 saturated carbocycles. The third-order valence-corrected chi connectivity index (χ3v) is 3.29. The van der Waals surface area contributed by atoms with Gasteiger partial charge in [0.05, 0.1) is 5.69 Å². The Kier molecular flexibility index (Phi) is 5.85. The summed E-state index contributed by atoms with van der Waals surface area (Å²) < 4.78 is 1.18. The molecular weight excluding hydrogens is 264 g/mol. The van der Waals surface area contributed by atoms with Gasteiger partial charge in [0.1, 0.15) is 0 Å². The number of hydrogen-bond acceptors (Lipinski definition) is 2. The van der Waals surface area contributed by atoms with Crippen LogP contribution in [0.3, 0.4) is 0 Å². The number of nitrogens with zero attached hydrogens (tertiary/aromatic N) is 1. The van der Waals surface area contributed by atoms with Crippen LogP contribution in [0.1, 0.15) is 25.3 Å². The zero-order valence-electron chi connectivity index (χ0n) is 10.4. The SMILES string of the molecule is CCCCN(C)c1ccc(CNC)cc1Br. The van der Waals surface area contributed by atoms with Crippen molar-refractivity contribution in [3.05, 3.63) is 28.2 Å². The van der Waals surface area contributed by atoms with Crippen LogP contribution in [-0.4, -0.2) is 20.6 Å². The lowest BCUT2D eigenvalue weighted by molar-refractivity contribution is 0.765. The second kappa shape index (κ2) is 6.92. The van der Waals surface area contributed by atoms with Crippen LogP contribution in [-0.2, 0) is 6.54 Å². The molecular formula is C13H21BrN2. The van der Waals surface area contributed by atoms with E-state index < -0.39 is 0 Å². The van der Waals surface area contributed by atoms with E-state index in [4.69, 9.17) is 0 Å². The van der Waals surface area contributed by atoms with E-state index in [2.05, 4.69) is 58.3 Å². The Morgan fingerprint density at radius 2 is 2.12 bits per heavy atom. The average Bonchev–Trinajstić information content (AvgIpc) is 2.26. The molecule has 0 aromatic heterocycles. The van der Waals surface area contributed by atoms with Crippen molar-refractivity contribution in [2.75, 3.05) is 25.5 Å². The minimum Gasteiger partial charge on any atom is -0.374 e. The maximum atomic E-state index is 3.64. The van der Waals surface area contributed by atoms with E-state index in [1.165, 1.54) is 28.6 Å². The molecule has 0 radical (unpaired) electrons. The van der Waals surface area contributed by atoms with Crippen LogP contribution in [0.2, 0.25) is 0 Å². The molecule has 0 aliphatic rings. The summed E-state index contributed by atoms with van der Waals surface area (Å²) in [6.07, 6.45) is 2.47. The first-order valence-electron chi connectivity index (χ1n) is 5.83. The van der Waals surface area contributed by atoms with Crippen molar-refractivity contribution in [2.45, 2.75) is 26.3 Å². The highest BCUT2D eigenvalue weighted by Crippen LogP contribution is 2.26. The molecule has 1 aromatic carbocycles. The molecule has 3 heteroatoms. The maximum Gasteiger partial charge on any atom is 0.0508 e. The van der Waals surface area contributed by atoms with Gasteiger partial charge >= 0.3 is 0 Å². The fourth-order valence-electron chi connectivity index (χ4n) is 1.69. The molecule has 0 amide bonds. The highest BCUT2D eigenvalue weighted by Gasteiger charge is 2.05. The van der Waals surface area contributed by atoms with Gasteiger partial charge in [0.2, 0.25) is 0 Å². The van der Waals surface area contributed by atoms with Crippen LogP contribution < -0.4 is 10.2 Å². The Hall–Kier alpha value is -0.540. The maximum absolute atomic E-state index is 3.64. The topological polar surface area (TPSA) is 15.3 Å². The minimum atomic E-state index is 0.914. The third kappa shape index (κ3) is 3.80. The second-order valence-corrected chi connectivity index (χ2v) is 4.95. The lowest BCUT2D eigenvalue weighted by atomic mass is 10.2. The molecule has 2 nitrogen and oxygen atoms in total. The predicted octanol–water partition coefficient (Wildman–Crippen LogP) is 3.40. The van der Waals surface area contributed by atoms with Crippen molar-refractivity contribution < 1.29 is 0 Å². The predicted molar refractivity (Wildman–Crippen MR) is 75.1 cm³/mol. The summed E-state index contributed by atoms with van der Waals surface area (Å²) in [7, 11) is 4.11. The number of nitrogens with one attached hydrogen (secondary N) is 1. The van der Waals surface area contributed by atoms with Crippen molar-refractivity contribution in [3.8, 4) is 0 Å². The summed E-state index contributed by atoms with van der Waals surface area (Å²) in [6.45, 7) is 4.25. The highest BCUT2D eigenvalue weighted by atomic mass is 79.9. The fraction of sp³-hybridized carbons (Fsp3) is 0.538. The monoisotopic (exact) mass is 284 g/mol. The molecule has 0 heterocycles. The number of halogens is 1. The van der Waals surface area contributed by atoms with Gasteiger partial charge in [-0.05, 0) is 47.1 Å². The van der Waals surface area contributed by atoms with Crippen LogP contribution in [0.4, 0.5) is 5.69 Å². The molecule has 16 heavy (non-hydrogen) atoms. The largest absolute Gasteiger partial charge is 0.374 e. The zero-order valence-corrected chi connectivity index (χ0v) is 12.0. The average molecular weight is 285 g/mol. The van der Waals surface area contributed by atoms with Gasteiger partial charge in [0.25, 0.3) is 0 Å². The molecule has 0 bridgehead atoms. The number of hydrogen-bond donors (Lipinski definition) is 1. The molecule has 1 aromatic rings. The highest BCUT2D eigenvalue weighted by molar-refractivity contribution is 9.10. The van der Waals surface area contributed by atoms with E-state index in [1.807, 2.05) is 7.05 Å². The molecule has 0 aliphatic heterocycles. The van der Waals surface area contributed by atoms with Gasteiger partial charge in [0, 0.05) is 24.6 Å². The molecule has 0 saturated heterocycles. The first kappa shape index (κ1) is 13.5. The van der Waals surface area contributed by atoms with Crippen molar-refractivity contribution in [3.63, 3.8) is 0 Å². The number of unbranched alkanes of at least 4 members (excludes halogenated alkanes) is 1. The van der Waals surface area contributed by atoms with E-state index in [0.717, 1.165) is 13.1 Å². The van der Waals surface area contributed by atoms with Crippen LogP contribution in [0, 0.1) is 0 Å². The van der Waals surface area contributed by atoms with Gasteiger partial charge in [-0.3, -0.25) is 0 Å². The van der Waals surface area contributed by atoms with E-state index in [1.54, 1.807) is 0 Å². The summed E-state index contributed by atoms with van der Waals surface area (Å²) in [4.78, 5) is 2.30.